The predicted octanol–water partition coefficient (Wildman–Crippen LogP) is 17.3. The van der Waals surface area contributed by atoms with Crippen LogP contribution in [0.15, 0.2) is 60.8 Å². The molecule has 5 heteroatoms. The number of hydrogen-bond donors (Lipinski definition) is 0. The highest BCUT2D eigenvalue weighted by molar-refractivity contribution is 5.70. The van der Waals surface area contributed by atoms with E-state index in [2.05, 4.69) is 81.5 Å². The van der Waals surface area contributed by atoms with E-state index in [1.165, 1.54) is 141 Å². The normalized spacial score (nSPS) is 12.7. The number of ether oxygens (including phenoxy) is 3. The molecule has 0 aromatic carbocycles. The second-order valence-electron chi connectivity index (χ2n) is 17.0. The second kappa shape index (κ2) is 51.0. The lowest BCUT2D eigenvalue weighted by molar-refractivity contribution is -0.163. The van der Waals surface area contributed by atoms with Gasteiger partial charge in [0, 0.05) is 19.4 Å². The molecule has 0 saturated carbocycles. The summed E-state index contributed by atoms with van der Waals surface area (Å²) in [6, 6.07) is 0. The molecule has 0 heterocycles. The molecule has 0 N–H and O–H groups in total. The molecule has 0 spiro atoms. The van der Waals surface area contributed by atoms with Gasteiger partial charge in [-0.2, -0.15) is 0 Å². The van der Waals surface area contributed by atoms with E-state index in [0.29, 0.717) is 19.4 Å². The summed E-state index contributed by atoms with van der Waals surface area (Å²) in [5.41, 5.74) is 0. The predicted molar refractivity (Wildman–Crippen MR) is 261 cm³/mol. The Morgan fingerprint density at radius 3 is 1.27 bits per heavy atom. The summed E-state index contributed by atoms with van der Waals surface area (Å²) >= 11 is 0. The maximum Gasteiger partial charge on any atom is 0.306 e. The van der Waals surface area contributed by atoms with Crippen molar-refractivity contribution >= 4 is 11.9 Å². The first-order chi connectivity index (χ1) is 29.6. The Kier molecular flexibility index (Phi) is 48.9. The molecule has 0 aliphatic heterocycles. The Morgan fingerprint density at radius 1 is 0.383 bits per heavy atom. The minimum absolute atomic E-state index is 0.0768. The van der Waals surface area contributed by atoms with Crippen LogP contribution >= 0.6 is 0 Å². The summed E-state index contributed by atoms with van der Waals surface area (Å²) < 4.78 is 17.4. The number of allylic oxidation sites excluding steroid dienone is 10. The van der Waals surface area contributed by atoms with Crippen LogP contribution in [-0.4, -0.2) is 37.9 Å². The van der Waals surface area contributed by atoms with Crippen molar-refractivity contribution in [3.05, 3.63) is 60.8 Å². The molecule has 0 amide bonds. The topological polar surface area (TPSA) is 61.8 Å². The highest BCUT2D eigenvalue weighted by Gasteiger charge is 2.17. The Labute approximate surface area is 373 Å². The van der Waals surface area contributed by atoms with E-state index in [9.17, 15) is 9.59 Å². The molecule has 0 aliphatic carbocycles. The summed E-state index contributed by atoms with van der Waals surface area (Å²) in [4.78, 5) is 25.4. The maximum absolute atomic E-state index is 12.8. The Bertz CT molecular complexity index is 1040. The Hall–Kier alpha value is -2.40. The summed E-state index contributed by atoms with van der Waals surface area (Å²) in [5, 5.41) is 0. The van der Waals surface area contributed by atoms with Gasteiger partial charge in [0.15, 0.2) is 6.10 Å². The van der Waals surface area contributed by atoms with E-state index in [1.54, 1.807) is 0 Å². The van der Waals surface area contributed by atoms with Crippen molar-refractivity contribution in [3.63, 3.8) is 0 Å². The van der Waals surface area contributed by atoms with Crippen molar-refractivity contribution < 1.29 is 23.8 Å². The molecule has 0 saturated heterocycles. The molecule has 0 rings (SSSR count). The molecule has 0 radical (unpaired) electrons. The maximum atomic E-state index is 12.8. The molecule has 60 heavy (non-hydrogen) atoms. The lowest BCUT2D eigenvalue weighted by Crippen LogP contribution is -2.30. The first kappa shape index (κ1) is 57.6. The smallest absolute Gasteiger partial charge is 0.306 e. The Balaban J connectivity index is 4.25. The highest BCUT2D eigenvalue weighted by Crippen LogP contribution is 2.15. The van der Waals surface area contributed by atoms with Crippen molar-refractivity contribution in [2.75, 3.05) is 19.8 Å². The van der Waals surface area contributed by atoms with Gasteiger partial charge in [-0.25, -0.2) is 0 Å². The van der Waals surface area contributed by atoms with E-state index in [4.69, 9.17) is 14.2 Å². The number of carbonyl (C=O) groups excluding carboxylic acids is 2. The molecular formula is C55H98O5. The monoisotopic (exact) mass is 839 g/mol. The van der Waals surface area contributed by atoms with Gasteiger partial charge in [0.2, 0.25) is 0 Å². The van der Waals surface area contributed by atoms with E-state index in [-0.39, 0.29) is 25.2 Å². The summed E-state index contributed by atoms with van der Waals surface area (Å²) in [6.45, 7) is 7.68. The molecule has 0 aromatic heterocycles. The van der Waals surface area contributed by atoms with Crippen molar-refractivity contribution in [1.82, 2.24) is 0 Å². The molecule has 0 aliphatic rings. The fourth-order valence-corrected chi connectivity index (χ4v) is 7.19. The van der Waals surface area contributed by atoms with Crippen LogP contribution in [0.2, 0.25) is 0 Å². The highest BCUT2D eigenvalue weighted by atomic mass is 16.6. The number of unbranched alkanes of at least 4 members (excludes halogenated alkanes) is 26. The fraction of sp³-hybridized carbons (Fsp3) is 0.782. The van der Waals surface area contributed by atoms with Crippen molar-refractivity contribution in [3.8, 4) is 0 Å². The van der Waals surface area contributed by atoms with Gasteiger partial charge in [-0.05, 0) is 77.0 Å². The van der Waals surface area contributed by atoms with Gasteiger partial charge in [-0.3, -0.25) is 9.59 Å². The van der Waals surface area contributed by atoms with Crippen molar-refractivity contribution in [2.24, 2.45) is 0 Å². The third-order valence-electron chi connectivity index (χ3n) is 11.0. The lowest BCUT2D eigenvalue weighted by atomic mass is 10.0. The zero-order chi connectivity index (χ0) is 43.5. The molecule has 5 nitrogen and oxygen atoms in total. The molecular weight excluding hydrogens is 741 g/mol. The molecule has 0 aromatic rings. The van der Waals surface area contributed by atoms with Crippen LogP contribution in [0, 0.1) is 0 Å². The number of esters is 2. The number of rotatable bonds is 47. The van der Waals surface area contributed by atoms with Crippen molar-refractivity contribution in [2.45, 2.75) is 258 Å². The zero-order valence-corrected chi connectivity index (χ0v) is 40.0. The largest absolute Gasteiger partial charge is 0.462 e. The van der Waals surface area contributed by atoms with Gasteiger partial charge < -0.3 is 14.2 Å². The zero-order valence-electron chi connectivity index (χ0n) is 40.0. The minimum Gasteiger partial charge on any atom is -0.462 e. The van der Waals surface area contributed by atoms with E-state index >= 15 is 0 Å². The third-order valence-corrected chi connectivity index (χ3v) is 11.0. The standard InChI is InChI=1S/C55H98O5/c1-4-7-10-13-16-19-22-25-26-27-28-29-30-32-33-36-39-42-45-48-54(56)59-52-53(51-58-50-47-44-41-38-35-24-21-18-15-12-9-6-3)60-55(57)49-46-43-40-37-34-31-23-20-17-14-11-8-5-2/h7,10,15-16,18-19,25-26,28-29,53H,4-6,8-9,11-14,17,20-24,27,30-52H2,1-3H3/b10-7-,18-15-,19-16-,26-25-,29-28-. The molecule has 0 fully saturated rings. The fourth-order valence-electron chi connectivity index (χ4n) is 7.19. The van der Waals surface area contributed by atoms with E-state index in [1.807, 2.05) is 0 Å². The van der Waals surface area contributed by atoms with Crippen molar-refractivity contribution in [1.29, 1.82) is 0 Å². The Morgan fingerprint density at radius 2 is 0.767 bits per heavy atom. The minimum atomic E-state index is -0.543. The average molecular weight is 839 g/mol. The van der Waals surface area contributed by atoms with Crippen LogP contribution in [0.25, 0.3) is 0 Å². The number of carbonyl (C=O) groups is 2. The van der Waals surface area contributed by atoms with E-state index < -0.39 is 6.10 Å². The quantitative estimate of drug-likeness (QED) is 0.0347. The SMILES string of the molecule is CC/C=C\C/C=C\C/C=C\C/C=C\CCCCCCCCC(=O)OCC(COCCCCCCCC/C=C\CCCC)OC(=O)CCCCCCCCCCCCCCC. The van der Waals surface area contributed by atoms with Crippen LogP contribution in [0.5, 0.6) is 0 Å². The molecule has 1 atom stereocenters. The summed E-state index contributed by atoms with van der Waals surface area (Å²) in [5.74, 6) is -0.409. The van der Waals surface area contributed by atoms with Gasteiger partial charge in [-0.1, -0.05) is 223 Å². The summed E-state index contributed by atoms with van der Waals surface area (Å²) in [6.07, 6.45) is 63.6. The van der Waals surface area contributed by atoms with Gasteiger partial charge in [0.25, 0.3) is 0 Å². The molecule has 1 unspecified atom stereocenters. The van der Waals surface area contributed by atoms with Crippen LogP contribution < -0.4 is 0 Å². The van der Waals surface area contributed by atoms with Gasteiger partial charge in [0.1, 0.15) is 6.61 Å². The van der Waals surface area contributed by atoms with Crippen LogP contribution in [0.4, 0.5) is 0 Å². The first-order valence-electron chi connectivity index (χ1n) is 25.8. The van der Waals surface area contributed by atoms with Gasteiger partial charge in [0.05, 0.1) is 6.61 Å². The third kappa shape index (κ3) is 48.3. The van der Waals surface area contributed by atoms with Gasteiger partial charge >= 0.3 is 11.9 Å². The lowest BCUT2D eigenvalue weighted by Gasteiger charge is -2.18. The van der Waals surface area contributed by atoms with Crippen LogP contribution in [0.3, 0.4) is 0 Å². The van der Waals surface area contributed by atoms with Crippen LogP contribution in [0.1, 0.15) is 252 Å². The second-order valence-corrected chi connectivity index (χ2v) is 17.0. The summed E-state index contributed by atoms with van der Waals surface area (Å²) in [7, 11) is 0. The average Bonchev–Trinajstić information content (AvgIpc) is 3.25. The first-order valence-corrected chi connectivity index (χ1v) is 25.8. The van der Waals surface area contributed by atoms with Gasteiger partial charge in [-0.15, -0.1) is 0 Å². The molecule has 348 valence electrons. The van der Waals surface area contributed by atoms with Crippen LogP contribution in [-0.2, 0) is 23.8 Å². The van der Waals surface area contributed by atoms with E-state index in [0.717, 1.165) is 77.0 Å². The number of hydrogen-bond acceptors (Lipinski definition) is 5. The molecule has 0 bridgehead atoms.